The lowest BCUT2D eigenvalue weighted by molar-refractivity contribution is -0.118. The van der Waals surface area contributed by atoms with E-state index in [9.17, 15) is 9.90 Å². The first-order chi connectivity index (χ1) is 14.6. The Morgan fingerprint density at radius 3 is 2.12 bits per heavy atom. The number of aromatic hydroxyl groups is 1. The summed E-state index contributed by atoms with van der Waals surface area (Å²) in [6.45, 7) is 17.2. The first-order valence-electron chi connectivity index (χ1n) is 11.2. The fourth-order valence-electron chi connectivity index (χ4n) is 4.06. The van der Waals surface area contributed by atoms with Crippen LogP contribution < -0.4 is 10.1 Å². The fourth-order valence-corrected chi connectivity index (χ4v) is 4.29. The minimum absolute atomic E-state index is 0.0167. The van der Waals surface area contributed by atoms with Crippen LogP contribution in [0.2, 0.25) is 5.02 Å². The van der Waals surface area contributed by atoms with Crippen LogP contribution in [0.25, 0.3) is 0 Å². The SMILES string of the molecule is CCC(C)(C)c1ccc(OCC(=O)Nc2cc(C(C)(C)CC(C)(C)C)ccc2O)c(Cl)c1. The highest BCUT2D eigenvalue weighted by Gasteiger charge is 2.28. The highest BCUT2D eigenvalue weighted by atomic mass is 35.5. The maximum atomic E-state index is 12.5. The quantitative estimate of drug-likeness (QED) is 0.402. The third-order valence-corrected chi connectivity index (χ3v) is 6.28. The lowest BCUT2D eigenvalue weighted by Crippen LogP contribution is -2.25. The lowest BCUT2D eigenvalue weighted by Gasteiger charge is -2.33. The molecule has 4 nitrogen and oxygen atoms in total. The highest BCUT2D eigenvalue weighted by molar-refractivity contribution is 6.32. The van der Waals surface area contributed by atoms with E-state index < -0.39 is 0 Å². The van der Waals surface area contributed by atoms with Crippen LogP contribution in [0.5, 0.6) is 11.5 Å². The standard InChI is InChI=1S/C27H38ClNO3/c1-9-26(5,6)18-11-13-23(20(28)14-18)32-16-24(31)29-21-15-19(10-12-22(21)30)27(7,8)17-25(2,3)4/h10-15,30H,9,16-17H2,1-8H3,(H,29,31). The molecule has 0 aliphatic carbocycles. The van der Waals surface area contributed by atoms with Crippen molar-refractivity contribution >= 4 is 23.2 Å². The van der Waals surface area contributed by atoms with Gasteiger partial charge in [-0.05, 0) is 64.5 Å². The summed E-state index contributed by atoms with van der Waals surface area (Å²) in [4.78, 5) is 12.5. The Morgan fingerprint density at radius 1 is 0.969 bits per heavy atom. The van der Waals surface area contributed by atoms with E-state index in [4.69, 9.17) is 16.3 Å². The molecule has 0 atom stereocenters. The second-order valence-corrected chi connectivity index (χ2v) is 11.5. The minimum Gasteiger partial charge on any atom is -0.506 e. The van der Waals surface area contributed by atoms with Crippen LogP contribution in [0, 0.1) is 5.41 Å². The average Bonchev–Trinajstić information content (AvgIpc) is 2.66. The van der Waals surface area contributed by atoms with Crippen LogP contribution in [-0.4, -0.2) is 17.6 Å². The summed E-state index contributed by atoms with van der Waals surface area (Å²) >= 11 is 6.39. The molecule has 0 saturated heterocycles. The van der Waals surface area contributed by atoms with Gasteiger partial charge in [-0.15, -0.1) is 0 Å². The molecule has 32 heavy (non-hydrogen) atoms. The summed E-state index contributed by atoms with van der Waals surface area (Å²) < 4.78 is 5.65. The Bertz CT molecular complexity index is 958. The Labute approximate surface area is 198 Å². The summed E-state index contributed by atoms with van der Waals surface area (Å²) in [6, 6.07) is 11.1. The van der Waals surface area contributed by atoms with Crippen molar-refractivity contribution in [3.8, 4) is 11.5 Å². The van der Waals surface area contributed by atoms with E-state index in [0.717, 1.165) is 24.0 Å². The van der Waals surface area contributed by atoms with Gasteiger partial charge in [0.15, 0.2) is 6.61 Å². The lowest BCUT2D eigenvalue weighted by atomic mass is 9.72. The van der Waals surface area contributed by atoms with Crippen LogP contribution in [-0.2, 0) is 15.6 Å². The number of hydrogen-bond donors (Lipinski definition) is 2. The van der Waals surface area contributed by atoms with Crippen molar-refractivity contribution in [2.24, 2.45) is 5.41 Å². The van der Waals surface area contributed by atoms with Gasteiger partial charge >= 0.3 is 0 Å². The summed E-state index contributed by atoms with van der Waals surface area (Å²) in [5, 5.41) is 13.5. The molecule has 0 spiro atoms. The number of nitrogens with one attached hydrogen (secondary N) is 1. The third kappa shape index (κ3) is 6.90. The van der Waals surface area contributed by atoms with Crippen molar-refractivity contribution in [2.45, 2.75) is 79.1 Å². The maximum absolute atomic E-state index is 12.5. The van der Waals surface area contributed by atoms with Crippen molar-refractivity contribution in [3.05, 3.63) is 52.5 Å². The van der Waals surface area contributed by atoms with Crippen molar-refractivity contribution in [1.29, 1.82) is 0 Å². The zero-order valence-electron chi connectivity index (χ0n) is 20.7. The summed E-state index contributed by atoms with van der Waals surface area (Å²) in [6.07, 6.45) is 1.95. The van der Waals surface area contributed by atoms with Gasteiger partial charge in [0, 0.05) is 0 Å². The first kappa shape index (κ1) is 26.1. The minimum atomic E-state index is -0.361. The monoisotopic (exact) mass is 459 g/mol. The van der Waals surface area contributed by atoms with E-state index in [-0.39, 0.29) is 34.5 Å². The van der Waals surface area contributed by atoms with E-state index in [1.807, 2.05) is 24.3 Å². The van der Waals surface area contributed by atoms with Crippen LogP contribution in [0.4, 0.5) is 5.69 Å². The summed E-state index contributed by atoms with van der Waals surface area (Å²) in [7, 11) is 0. The van der Waals surface area contributed by atoms with E-state index in [1.54, 1.807) is 12.1 Å². The summed E-state index contributed by atoms with van der Waals surface area (Å²) in [5.74, 6) is 0.125. The molecule has 0 unspecified atom stereocenters. The van der Waals surface area contributed by atoms with Gasteiger partial charge in [0.25, 0.3) is 5.91 Å². The normalized spacial score (nSPS) is 12.5. The molecule has 0 aliphatic rings. The Hall–Kier alpha value is -2.20. The van der Waals surface area contributed by atoms with Gasteiger partial charge in [-0.2, -0.15) is 0 Å². The molecule has 0 aliphatic heterocycles. The molecular formula is C27H38ClNO3. The Kier molecular flexibility index (Phi) is 7.93. The van der Waals surface area contributed by atoms with Gasteiger partial charge in [0.2, 0.25) is 0 Å². The molecule has 2 aromatic rings. The second-order valence-electron chi connectivity index (χ2n) is 11.1. The van der Waals surface area contributed by atoms with E-state index in [1.165, 1.54) is 0 Å². The number of amides is 1. The first-order valence-corrected chi connectivity index (χ1v) is 11.6. The Morgan fingerprint density at radius 2 is 1.56 bits per heavy atom. The number of anilines is 1. The highest BCUT2D eigenvalue weighted by Crippen LogP contribution is 2.39. The number of benzene rings is 2. The van der Waals surface area contributed by atoms with Crippen molar-refractivity contribution < 1.29 is 14.6 Å². The van der Waals surface area contributed by atoms with Gasteiger partial charge in [0.05, 0.1) is 10.7 Å². The van der Waals surface area contributed by atoms with Crippen LogP contribution in [0.15, 0.2) is 36.4 Å². The molecule has 0 fully saturated rings. The number of halogens is 1. The van der Waals surface area contributed by atoms with Crippen molar-refractivity contribution in [2.75, 3.05) is 11.9 Å². The van der Waals surface area contributed by atoms with Crippen molar-refractivity contribution in [3.63, 3.8) is 0 Å². The molecule has 0 heterocycles. The number of carbonyl (C=O) groups excluding carboxylic acids is 1. The van der Waals surface area contributed by atoms with Crippen LogP contribution >= 0.6 is 11.6 Å². The van der Waals surface area contributed by atoms with E-state index in [0.29, 0.717) is 16.5 Å². The molecule has 176 valence electrons. The number of rotatable bonds is 8. The van der Waals surface area contributed by atoms with Gasteiger partial charge < -0.3 is 15.2 Å². The van der Waals surface area contributed by atoms with Crippen molar-refractivity contribution in [1.82, 2.24) is 0 Å². The molecule has 0 saturated carbocycles. The second kappa shape index (κ2) is 9.74. The molecule has 2 rings (SSSR count). The number of carbonyl (C=O) groups is 1. The fraction of sp³-hybridized carbons (Fsp3) is 0.519. The molecule has 2 aromatic carbocycles. The molecule has 0 radical (unpaired) electrons. The molecule has 2 N–H and O–H groups in total. The number of phenolic OH excluding ortho intramolecular Hbond substituents is 1. The predicted molar refractivity (Wildman–Crippen MR) is 134 cm³/mol. The number of hydrogen-bond acceptors (Lipinski definition) is 3. The zero-order valence-corrected chi connectivity index (χ0v) is 21.5. The third-order valence-electron chi connectivity index (χ3n) is 5.98. The molecule has 1 amide bonds. The van der Waals surface area contributed by atoms with E-state index in [2.05, 4.69) is 60.7 Å². The summed E-state index contributed by atoms with van der Waals surface area (Å²) in [5.41, 5.74) is 2.62. The van der Waals surface area contributed by atoms with Crippen LogP contribution in [0.1, 0.15) is 79.4 Å². The van der Waals surface area contributed by atoms with Gasteiger partial charge in [-0.25, -0.2) is 0 Å². The zero-order chi connectivity index (χ0) is 24.3. The van der Waals surface area contributed by atoms with Crippen LogP contribution in [0.3, 0.4) is 0 Å². The number of phenols is 1. The number of ether oxygens (including phenoxy) is 1. The average molecular weight is 460 g/mol. The van der Waals surface area contributed by atoms with Gasteiger partial charge in [-0.3, -0.25) is 4.79 Å². The van der Waals surface area contributed by atoms with E-state index >= 15 is 0 Å². The molecule has 5 heteroatoms. The maximum Gasteiger partial charge on any atom is 0.262 e. The topological polar surface area (TPSA) is 58.6 Å². The van der Waals surface area contributed by atoms with Gasteiger partial charge in [0.1, 0.15) is 11.5 Å². The smallest absolute Gasteiger partial charge is 0.262 e. The predicted octanol–water partition coefficient (Wildman–Crippen LogP) is 7.46. The largest absolute Gasteiger partial charge is 0.506 e. The Balaban J connectivity index is 2.09. The van der Waals surface area contributed by atoms with Gasteiger partial charge in [-0.1, -0.05) is 79.1 Å². The molecular weight excluding hydrogens is 422 g/mol. The molecule has 0 aromatic heterocycles. The molecule has 0 bridgehead atoms.